The molecule has 7 nitrogen and oxygen atoms in total. The summed E-state index contributed by atoms with van der Waals surface area (Å²) in [4.78, 5) is 52.2. The topological polar surface area (TPSA) is 84.0 Å². The van der Waals surface area contributed by atoms with E-state index in [9.17, 15) is 19.2 Å². The van der Waals surface area contributed by atoms with Gasteiger partial charge in [-0.2, -0.15) is 0 Å². The van der Waals surface area contributed by atoms with Crippen LogP contribution in [0.15, 0.2) is 30.3 Å². The second-order valence-electron chi connectivity index (χ2n) is 7.61. The number of likely N-dealkylation sites (tertiary alicyclic amines) is 1. The summed E-state index contributed by atoms with van der Waals surface area (Å²) >= 11 is 0. The first-order valence-corrected chi connectivity index (χ1v) is 9.78. The number of para-hydroxylation sites is 1. The molecular formula is C21H26N2O5. The fourth-order valence-corrected chi connectivity index (χ4v) is 4.09. The van der Waals surface area contributed by atoms with Crippen LogP contribution in [-0.4, -0.2) is 47.8 Å². The van der Waals surface area contributed by atoms with Gasteiger partial charge in [-0.3, -0.25) is 24.1 Å². The van der Waals surface area contributed by atoms with Gasteiger partial charge in [0.1, 0.15) is 6.54 Å². The highest BCUT2D eigenvalue weighted by molar-refractivity contribution is 6.07. The average Bonchev–Trinajstić information content (AvgIpc) is 2.92. The van der Waals surface area contributed by atoms with Gasteiger partial charge in [0.25, 0.3) is 5.91 Å². The SMILES string of the molecule is CC(C)N(C(=O)COC(=O)CN1C(=O)[C@H]2CCCC[C@H]2C1=O)c1ccccc1. The highest BCUT2D eigenvalue weighted by Crippen LogP contribution is 2.37. The van der Waals surface area contributed by atoms with Crippen molar-refractivity contribution in [2.24, 2.45) is 11.8 Å². The normalized spacial score (nSPS) is 21.6. The van der Waals surface area contributed by atoms with Crippen LogP contribution in [0.4, 0.5) is 5.69 Å². The van der Waals surface area contributed by atoms with Crippen LogP contribution in [0.5, 0.6) is 0 Å². The number of hydrogen-bond acceptors (Lipinski definition) is 5. The Morgan fingerprint density at radius 3 is 2.18 bits per heavy atom. The maximum atomic E-state index is 12.6. The lowest BCUT2D eigenvalue weighted by Gasteiger charge is -2.26. The number of imide groups is 1. The predicted molar refractivity (Wildman–Crippen MR) is 102 cm³/mol. The zero-order valence-electron chi connectivity index (χ0n) is 16.3. The number of anilines is 1. The van der Waals surface area contributed by atoms with Gasteiger partial charge >= 0.3 is 5.97 Å². The number of esters is 1. The molecule has 1 aliphatic heterocycles. The summed E-state index contributed by atoms with van der Waals surface area (Å²) in [7, 11) is 0. The number of hydrogen-bond donors (Lipinski definition) is 0. The molecular weight excluding hydrogens is 360 g/mol. The Morgan fingerprint density at radius 2 is 1.64 bits per heavy atom. The number of benzene rings is 1. The largest absolute Gasteiger partial charge is 0.454 e. The molecule has 2 atom stereocenters. The summed E-state index contributed by atoms with van der Waals surface area (Å²) in [5, 5.41) is 0. The molecule has 3 rings (SSSR count). The van der Waals surface area contributed by atoms with E-state index < -0.39 is 19.1 Å². The Morgan fingerprint density at radius 1 is 1.07 bits per heavy atom. The molecule has 28 heavy (non-hydrogen) atoms. The third kappa shape index (κ3) is 4.08. The van der Waals surface area contributed by atoms with Gasteiger partial charge in [-0.15, -0.1) is 0 Å². The predicted octanol–water partition coefficient (Wildman–Crippen LogP) is 2.15. The lowest BCUT2D eigenvalue weighted by Crippen LogP contribution is -2.41. The molecule has 7 heteroatoms. The van der Waals surface area contributed by atoms with Crippen molar-refractivity contribution in [1.82, 2.24) is 4.90 Å². The van der Waals surface area contributed by atoms with Crippen molar-refractivity contribution < 1.29 is 23.9 Å². The zero-order valence-corrected chi connectivity index (χ0v) is 16.3. The monoisotopic (exact) mass is 386 g/mol. The standard InChI is InChI=1S/C21H26N2O5/c1-14(2)23(15-8-4-3-5-9-15)18(24)13-28-19(25)12-22-20(26)16-10-6-7-11-17(16)21(22)27/h3-5,8-9,14,16-17H,6-7,10-13H2,1-2H3/t16-,17+. The molecule has 0 aromatic heterocycles. The minimum atomic E-state index is -0.745. The molecule has 3 amide bonds. The smallest absolute Gasteiger partial charge is 0.326 e. The zero-order chi connectivity index (χ0) is 20.3. The number of rotatable bonds is 6. The lowest BCUT2D eigenvalue weighted by atomic mass is 9.81. The molecule has 1 heterocycles. The van der Waals surface area contributed by atoms with Crippen LogP contribution in [0.3, 0.4) is 0 Å². The second kappa shape index (κ2) is 8.54. The molecule has 0 radical (unpaired) electrons. The minimum absolute atomic E-state index is 0.113. The molecule has 0 bridgehead atoms. The van der Waals surface area contributed by atoms with Crippen molar-refractivity contribution in [3.8, 4) is 0 Å². The Bertz CT molecular complexity index is 737. The molecule has 0 unspecified atom stereocenters. The number of carbonyl (C=O) groups excluding carboxylic acids is 4. The molecule has 1 saturated heterocycles. The van der Waals surface area contributed by atoms with Crippen molar-refractivity contribution >= 4 is 29.4 Å². The van der Waals surface area contributed by atoms with Gasteiger partial charge in [0.05, 0.1) is 11.8 Å². The second-order valence-corrected chi connectivity index (χ2v) is 7.61. The third-order valence-corrected chi connectivity index (χ3v) is 5.40. The number of carbonyl (C=O) groups is 4. The van der Waals surface area contributed by atoms with Crippen LogP contribution < -0.4 is 4.90 Å². The van der Waals surface area contributed by atoms with Gasteiger partial charge < -0.3 is 9.64 Å². The number of fused-ring (bicyclic) bond motifs is 1. The van der Waals surface area contributed by atoms with E-state index in [4.69, 9.17) is 4.74 Å². The van der Waals surface area contributed by atoms with Crippen molar-refractivity contribution in [2.45, 2.75) is 45.6 Å². The van der Waals surface area contributed by atoms with Crippen LogP contribution >= 0.6 is 0 Å². The molecule has 1 saturated carbocycles. The average molecular weight is 386 g/mol. The maximum absolute atomic E-state index is 12.6. The van der Waals surface area contributed by atoms with Crippen molar-refractivity contribution in [2.75, 3.05) is 18.1 Å². The number of amides is 3. The molecule has 1 aromatic carbocycles. The first-order valence-electron chi connectivity index (χ1n) is 9.78. The molecule has 1 aromatic rings. The van der Waals surface area contributed by atoms with E-state index in [1.54, 1.807) is 4.90 Å². The van der Waals surface area contributed by atoms with Gasteiger partial charge in [-0.05, 0) is 38.8 Å². The number of nitrogens with zero attached hydrogens (tertiary/aromatic N) is 2. The number of ether oxygens (including phenoxy) is 1. The molecule has 2 fully saturated rings. The molecule has 1 aliphatic carbocycles. The summed E-state index contributed by atoms with van der Waals surface area (Å²) in [6, 6.07) is 9.01. The van der Waals surface area contributed by atoms with Gasteiger partial charge in [0.15, 0.2) is 6.61 Å². The molecule has 150 valence electrons. The highest BCUT2D eigenvalue weighted by atomic mass is 16.5. The van der Waals surface area contributed by atoms with Crippen LogP contribution in [0.1, 0.15) is 39.5 Å². The van der Waals surface area contributed by atoms with Crippen LogP contribution in [-0.2, 0) is 23.9 Å². The van der Waals surface area contributed by atoms with Gasteiger partial charge in [-0.25, -0.2) is 0 Å². The summed E-state index contributed by atoms with van der Waals surface area (Å²) in [5.41, 5.74) is 0.715. The van der Waals surface area contributed by atoms with E-state index in [0.29, 0.717) is 18.5 Å². The van der Waals surface area contributed by atoms with E-state index in [0.717, 1.165) is 17.7 Å². The van der Waals surface area contributed by atoms with E-state index in [1.165, 1.54) is 0 Å². The molecule has 2 aliphatic rings. The van der Waals surface area contributed by atoms with Crippen molar-refractivity contribution in [3.63, 3.8) is 0 Å². The van der Waals surface area contributed by atoms with E-state index in [-0.39, 0.29) is 35.6 Å². The third-order valence-electron chi connectivity index (χ3n) is 5.40. The Hall–Kier alpha value is -2.70. The van der Waals surface area contributed by atoms with E-state index in [1.807, 2.05) is 44.2 Å². The minimum Gasteiger partial charge on any atom is -0.454 e. The van der Waals surface area contributed by atoms with Crippen molar-refractivity contribution in [1.29, 1.82) is 0 Å². The van der Waals surface area contributed by atoms with Crippen LogP contribution in [0.2, 0.25) is 0 Å². The lowest BCUT2D eigenvalue weighted by molar-refractivity contribution is -0.154. The fraction of sp³-hybridized carbons (Fsp3) is 0.524. The van der Waals surface area contributed by atoms with Crippen molar-refractivity contribution in [3.05, 3.63) is 30.3 Å². The van der Waals surface area contributed by atoms with E-state index >= 15 is 0 Å². The highest BCUT2D eigenvalue weighted by Gasteiger charge is 2.48. The van der Waals surface area contributed by atoms with E-state index in [2.05, 4.69) is 0 Å². The maximum Gasteiger partial charge on any atom is 0.326 e. The Labute approximate surface area is 164 Å². The van der Waals surface area contributed by atoms with Crippen LogP contribution in [0.25, 0.3) is 0 Å². The first kappa shape index (κ1) is 20.0. The van der Waals surface area contributed by atoms with Gasteiger partial charge in [-0.1, -0.05) is 31.0 Å². The van der Waals surface area contributed by atoms with Crippen LogP contribution in [0, 0.1) is 11.8 Å². The Balaban J connectivity index is 1.57. The molecule has 0 N–H and O–H groups in total. The summed E-state index contributed by atoms with van der Waals surface area (Å²) < 4.78 is 5.09. The van der Waals surface area contributed by atoms with Gasteiger partial charge in [0.2, 0.25) is 11.8 Å². The first-order chi connectivity index (χ1) is 13.4. The summed E-state index contributed by atoms with van der Waals surface area (Å²) in [6.07, 6.45) is 3.24. The summed E-state index contributed by atoms with van der Waals surface area (Å²) in [5.74, 6) is -2.28. The summed E-state index contributed by atoms with van der Waals surface area (Å²) in [6.45, 7) is 2.88. The quantitative estimate of drug-likeness (QED) is 0.552. The fourth-order valence-electron chi connectivity index (χ4n) is 4.09. The Kier molecular flexibility index (Phi) is 6.11. The molecule has 0 spiro atoms. The van der Waals surface area contributed by atoms with Gasteiger partial charge in [0, 0.05) is 11.7 Å².